The Morgan fingerprint density at radius 3 is 2.50 bits per heavy atom. The maximum atomic E-state index is 13.8. The van der Waals surface area contributed by atoms with Gasteiger partial charge in [-0.1, -0.05) is 23.7 Å². The summed E-state index contributed by atoms with van der Waals surface area (Å²) < 4.78 is 32.1. The van der Waals surface area contributed by atoms with Crippen LogP contribution >= 0.6 is 11.6 Å². The molecule has 2 rings (SSSR count). The highest BCUT2D eigenvalue weighted by molar-refractivity contribution is 6.30. The van der Waals surface area contributed by atoms with Crippen LogP contribution in [0.15, 0.2) is 36.4 Å². The van der Waals surface area contributed by atoms with E-state index in [1.54, 1.807) is 13.0 Å². The lowest BCUT2D eigenvalue weighted by Crippen LogP contribution is -2.06. The second-order valence-electron chi connectivity index (χ2n) is 4.52. The van der Waals surface area contributed by atoms with Gasteiger partial charge < -0.3 is 10.5 Å². The van der Waals surface area contributed by atoms with E-state index in [2.05, 4.69) is 0 Å². The van der Waals surface area contributed by atoms with Crippen molar-refractivity contribution >= 4 is 11.6 Å². The molecule has 0 spiro atoms. The monoisotopic (exact) mass is 297 g/mol. The summed E-state index contributed by atoms with van der Waals surface area (Å²) in [6.45, 7) is 1.88. The third kappa shape index (κ3) is 3.46. The fourth-order valence-electron chi connectivity index (χ4n) is 1.71. The maximum Gasteiger partial charge on any atom is 0.165 e. The Bertz CT molecular complexity index is 617. The van der Waals surface area contributed by atoms with E-state index in [4.69, 9.17) is 22.1 Å². The molecule has 0 saturated heterocycles. The highest BCUT2D eigenvalue weighted by Crippen LogP contribution is 2.23. The van der Waals surface area contributed by atoms with Crippen LogP contribution in [0.25, 0.3) is 0 Å². The van der Waals surface area contributed by atoms with E-state index in [1.165, 1.54) is 30.3 Å². The molecule has 0 fully saturated rings. The molecule has 106 valence electrons. The molecule has 0 radical (unpaired) electrons. The first kappa shape index (κ1) is 14.8. The molecule has 2 nitrogen and oxygen atoms in total. The summed E-state index contributed by atoms with van der Waals surface area (Å²) in [7, 11) is 0. The van der Waals surface area contributed by atoms with Gasteiger partial charge in [0.1, 0.15) is 12.4 Å². The van der Waals surface area contributed by atoms with Crippen LogP contribution < -0.4 is 10.5 Å². The molecule has 0 aliphatic carbocycles. The topological polar surface area (TPSA) is 35.2 Å². The average Bonchev–Trinajstić information content (AvgIpc) is 2.41. The van der Waals surface area contributed by atoms with Gasteiger partial charge in [-0.25, -0.2) is 8.78 Å². The van der Waals surface area contributed by atoms with Crippen LogP contribution in [0, 0.1) is 11.6 Å². The second-order valence-corrected chi connectivity index (χ2v) is 4.92. The van der Waals surface area contributed by atoms with E-state index in [0.29, 0.717) is 11.1 Å². The number of benzene rings is 2. The summed E-state index contributed by atoms with van der Waals surface area (Å²) in [6, 6.07) is 8.57. The summed E-state index contributed by atoms with van der Waals surface area (Å²) in [5.74, 6) is -0.856. The Labute approximate surface area is 121 Å². The zero-order chi connectivity index (χ0) is 14.7. The minimum atomic E-state index is -0.497. The van der Waals surface area contributed by atoms with Gasteiger partial charge in [-0.05, 0) is 42.3 Å². The highest BCUT2D eigenvalue weighted by Gasteiger charge is 2.08. The molecule has 0 amide bonds. The van der Waals surface area contributed by atoms with Gasteiger partial charge in [-0.3, -0.25) is 0 Å². The van der Waals surface area contributed by atoms with Gasteiger partial charge in [0.15, 0.2) is 11.6 Å². The lowest BCUT2D eigenvalue weighted by atomic mass is 10.1. The zero-order valence-electron chi connectivity index (χ0n) is 10.9. The van der Waals surface area contributed by atoms with E-state index >= 15 is 0 Å². The van der Waals surface area contributed by atoms with Crippen molar-refractivity contribution in [2.24, 2.45) is 5.73 Å². The van der Waals surface area contributed by atoms with Crippen LogP contribution in [0.2, 0.25) is 5.02 Å². The molecule has 0 aliphatic rings. The minimum absolute atomic E-state index is 0.0128. The van der Waals surface area contributed by atoms with Crippen LogP contribution in [0.4, 0.5) is 8.78 Å². The molecular weight excluding hydrogens is 284 g/mol. The van der Waals surface area contributed by atoms with Gasteiger partial charge in [-0.15, -0.1) is 0 Å². The van der Waals surface area contributed by atoms with Gasteiger partial charge >= 0.3 is 0 Å². The number of halogens is 3. The summed E-state index contributed by atoms with van der Waals surface area (Å²) in [5.41, 5.74) is 7.02. The zero-order valence-corrected chi connectivity index (χ0v) is 11.6. The molecule has 1 atom stereocenters. The molecule has 0 bridgehead atoms. The van der Waals surface area contributed by atoms with Crippen molar-refractivity contribution in [2.75, 3.05) is 0 Å². The molecule has 0 heterocycles. The molecule has 0 aromatic heterocycles. The van der Waals surface area contributed by atoms with E-state index in [1.807, 2.05) is 0 Å². The Balaban J connectivity index is 2.09. The van der Waals surface area contributed by atoms with Crippen molar-refractivity contribution < 1.29 is 13.5 Å². The SMILES string of the molecule is C[C@@H](N)c1ccc(OCc2ccc(F)c(Cl)c2)c(F)c1. The van der Waals surface area contributed by atoms with Crippen LogP contribution in [-0.4, -0.2) is 0 Å². The average molecular weight is 298 g/mol. The number of ether oxygens (including phenoxy) is 1. The number of hydrogen-bond donors (Lipinski definition) is 1. The fourth-order valence-corrected chi connectivity index (χ4v) is 1.91. The molecule has 20 heavy (non-hydrogen) atoms. The Hall–Kier alpha value is -1.65. The standard InChI is InChI=1S/C15H14ClF2NO/c1-9(19)11-3-5-15(14(18)7-11)20-8-10-2-4-13(17)12(16)6-10/h2-7,9H,8,19H2,1H3/t9-/m1/s1. The predicted octanol–water partition coefficient (Wildman–Crippen LogP) is 4.22. The summed E-state index contributed by atoms with van der Waals surface area (Å²) in [6.07, 6.45) is 0. The van der Waals surface area contributed by atoms with Gasteiger partial charge in [-0.2, -0.15) is 0 Å². The quantitative estimate of drug-likeness (QED) is 0.917. The van der Waals surface area contributed by atoms with Crippen LogP contribution in [0.5, 0.6) is 5.75 Å². The smallest absolute Gasteiger partial charge is 0.165 e. The molecule has 0 aliphatic heterocycles. The minimum Gasteiger partial charge on any atom is -0.486 e. The van der Waals surface area contributed by atoms with Crippen LogP contribution in [0.3, 0.4) is 0 Å². The highest BCUT2D eigenvalue weighted by atomic mass is 35.5. The summed E-state index contributed by atoms with van der Waals surface area (Å²) in [5, 5.41) is 0.0128. The van der Waals surface area contributed by atoms with Gasteiger partial charge in [0.2, 0.25) is 0 Å². The van der Waals surface area contributed by atoms with Gasteiger partial charge in [0.25, 0.3) is 0 Å². The first-order chi connectivity index (χ1) is 9.47. The third-order valence-electron chi connectivity index (χ3n) is 2.86. The lowest BCUT2D eigenvalue weighted by molar-refractivity contribution is 0.290. The first-order valence-electron chi connectivity index (χ1n) is 6.09. The molecular formula is C15H14ClF2NO. The molecule has 2 aromatic carbocycles. The normalized spacial score (nSPS) is 12.2. The number of hydrogen-bond acceptors (Lipinski definition) is 2. The van der Waals surface area contributed by atoms with Crippen molar-refractivity contribution in [1.29, 1.82) is 0 Å². The van der Waals surface area contributed by atoms with E-state index in [9.17, 15) is 8.78 Å². The molecule has 0 saturated carbocycles. The molecule has 0 unspecified atom stereocenters. The van der Waals surface area contributed by atoms with Crippen molar-refractivity contribution in [3.63, 3.8) is 0 Å². The third-order valence-corrected chi connectivity index (χ3v) is 3.15. The molecule has 5 heteroatoms. The second kappa shape index (κ2) is 6.20. The van der Waals surface area contributed by atoms with Crippen LogP contribution in [-0.2, 0) is 6.61 Å². The van der Waals surface area contributed by atoms with Crippen molar-refractivity contribution in [3.8, 4) is 5.75 Å². The summed E-state index contributed by atoms with van der Waals surface area (Å²) >= 11 is 5.66. The van der Waals surface area contributed by atoms with E-state index in [0.717, 1.165) is 0 Å². The molecule has 2 aromatic rings. The summed E-state index contributed by atoms with van der Waals surface area (Å²) in [4.78, 5) is 0. The van der Waals surface area contributed by atoms with E-state index < -0.39 is 11.6 Å². The first-order valence-corrected chi connectivity index (χ1v) is 6.47. The lowest BCUT2D eigenvalue weighted by Gasteiger charge is -2.10. The Kier molecular flexibility index (Phi) is 4.57. The van der Waals surface area contributed by atoms with Gasteiger partial charge in [0, 0.05) is 6.04 Å². The Morgan fingerprint density at radius 1 is 1.15 bits per heavy atom. The van der Waals surface area contributed by atoms with Crippen LogP contribution in [0.1, 0.15) is 24.1 Å². The predicted molar refractivity (Wildman–Crippen MR) is 74.7 cm³/mol. The van der Waals surface area contributed by atoms with Crippen molar-refractivity contribution in [2.45, 2.75) is 19.6 Å². The van der Waals surface area contributed by atoms with Gasteiger partial charge in [0.05, 0.1) is 5.02 Å². The van der Waals surface area contributed by atoms with Crippen molar-refractivity contribution in [3.05, 3.63) is 64.2 Å². The van der Waals surface area contributed by atoms with E-state index in [-0.39, 0.29) is 23.4 Å². The number of nitrogens with two attached hydrogens (primary N) is 1. The van der Waals surface area contributed by atoms with Crippen molar-refractivity contribution in [1.82, 2.24) is 0 Å². The molecule has 2 N–H and O–H groups in total. The fraction of sp³-hybridized carbons (Fsp3) is 0.200. The largest absolute Gasteiger partial charge is 0.486 e. The Morgan fingerprint density at radius 2 is 1.90 bits per heavy atom. The maximum absolute atomic E-state index is 13.8. The number of rotatable bonds is 4.